The molecule has 6 nitrogen and oxygen atoms in total. The summed E-state index contributed by atoms with van der Waals surface area (Å²) in [7, 11) is 1.80. The average molecular weight is 343 g/mol. The lowest BCUT2D eigenvalue weighted by Gasteiger charge is -2.20. The Morgan fingerprint density at radius 2 is 1.92 bits per heavy atom. The Morgan fingerprint density at radius 3 is 2.48 bits per heavy atom. The molecule has 1 aromatic carbocycles. The molecular formula is C19H25N3O3. The zero-order chi connectivity index (χ0) is 18.6. The molecule has 1 N–H and O–H groups in total. The van der Waals surface area contributed by atoms with Crippen LogP contribution < -0.4 is 5.32 Å². The van der Waals surface area contributed by atoms with E-state index in [9.17, 15) is 9.59 Å². The number of nitrogens with zero attached hydrogens (tertiary/aromatic N) is 2. The molecule has 1 heterocycles. The Kier molecular flexibility index (Phi) is 5.96. The molecule has 0 radical (unpaired) electrons. The lowest BCUT2D eigenvalue weighted by molar-refractivity contribution is -0.143. The second kappa shape index (κ2) is 7.96. The quantitative estimate of drug-likeness (QED) is 0.819. The minimum absolute atomic E-state index is 0.0861. The van der Waals surface area contributed by atoms with Crippen LogP contribution in [-0.4, -0.2) is 28.3 Å². The Bertz CT molecular complexity index is 780. The molecule has 0 bridgehead atoms. The number of esters is 1. The maximum absolute atomic E-state index is 12.8. The Hall–Kier alpha value is -2.63. The van der Waals surface area contributed by atoms with Crippen LogP contribution in [0.2, 0.25) is 0 Å². The van der Waals surface area contributed by atoms with Gasteiger partial charge in [-0.3, -0.25) is 14.3 Å². The first-order chi connectivity index (χ1) is 11.8. The van der Waals surface area contributed by atoms with Gasteiger partial charge in [0, 0.05) is 12.7 Å². The van der Waals surface area contributed by atoms with E-state index >= 15 is 0 Å². The predicted molar refractivity (Wildman–Crippen MR) is 95.3 cm³/mol. The summed E-state index contributed by atoms with van der Waals surface area (Å²) < 4.78 is 6.74. The minimum atomic E-state index is -0.452. The maximum Gasteiger partial charge on any atom is 0.308 e. The average Bonchev–Trinajstić information content (AvgIpc) is 2.80. The number of benzene rings is 1. The highest BCUT2D eigenvalue weighted by atomic mass is 16.5. The topological polar surface area (TPSA) is 73.2 Å². The third-order valence-corrected chi connectivity index (χ3v) is 4.28. The minimum Gasteiger partial charge on any atom is -0.466 e. The van der Waals surface area contributed by atoms with Gasteiger partial charge in [0.25, 0.3) is 5.91 Å². The van der Waals surface area contributed by atoms with E-state index in [1.165, 1.54) is 0 Å². The molecule has 0 aliphatic heterocycles. The van der Waals surface area contributed by atoms with E-state index in [-0.39, 0.29) is 18.3 Å². The van der Waals surface area contributed by atoms with Crippen molar-refractivity contribution in [2.24, 2.45) is 7.05 Å². The molecular weight excluding hydrogens is 318 g/mol. The predicted octanol–water partition coefficient (Wildman–Crippen LogP) is 2.77. The number of hydrogen-bond acceptors (Lipinski definition) is 4. The number of ether oxygens (including phenoxy) is 1. The van der Waals surface area contributed by atoms with Gasteiger partial charge in [0.1, 0.15) is 0 Å². The van der Waals surface area contributed by atoms with Crippen molar-refractivity contribution < 1.29 is 14.3 Å². The molecule has 2 rings (SSSR count). The summed E-state index contributed by atoms with van der Waals surface area (Å²) in [5.74, 6) is -0.573. The first kappa shape index (κ1) is 18.7. The van der Waals surface area contributed by atoms with Crippen molar-refractivity contribution in [1.29, 1.82) is 0 Å². The summed E-state index contributed by atoms with van der Waals surface area (Å²) in [6.45, 7) is 7.69. The number of aromatic nitrogens is 2. The van der Waals surface area contributed by atoms with Gasteiger partial charge in [-0.2, -0.15) is 5.10 Å². The smallest absolute Gasteiger partial charge is 0.308 e. The highest BCUT2D eigenvalue weighted by Gasteiger charge is 2.24. The molecule has 25 heavy (non-hydrogen) atoms. The highest BCUT2D eigenvalue weighted by Crippen LogP contribution is 2.23. The van der Waals surface area contributed by atoms with Crippen LogP contribution in [0.3, 0.4) is 0 Å². The summed E-state index contributed by atoms with van der Waals surface area (Å²) >= 11 is 0. The van der Waals surface area contributed by atoms with Crippen molar-refractivity contribution in [1.82, 2.24) is 15.1 Å². The van der Waals surface area contributed by atoms with Crippen LogP contribution in [0, 0.1) is 20.8 Å². The van der Waals surface area contributed by atoms with Gasteiger partial charge in [0.15, 0.2) is 0 Å². The van der Waals surface area contributed by atoms with Gasteiger partial charge in [-0.1, -0.05) is 24.3 Å². The van der Waals surface area contributed by atoms with E-state index in [0.717, 1.165) is 16.8 Å². The number of aryl methyl sites for hydroxylation is 3. The number of carbonyl (C=O) groups is 2. The summed E-state index contributed by atoms with van der Waals surface area (Å²) in [6, 6.07) is 7.25. The van der Waals surface area contributed by atoms with Crippen molar-refractivity contribution in [3.8, 4) is 0 Å². The zero-order valence-electron chi connectivity index (χ0n) is 15.4. The summed E-state index contributed by atoms with van der Waals surface area (Å²) in [6.07, 6.45) is 0.0861. The first-order valence-corrected chi connectivity index (χ1v) is 8.37. The molecule has 0 saturated heterocycles. The Balaban J connectivity index is 2.31. The summed E-state index contributed by atoms with van der Waals surface area (Å²) in [5, 5.41) is 7.27. The summed E-state index contributed by atoms with van der Waals surface area (Å²) in [5.41, 5.74) is 3.91. The number of nitrogens with one attached hydrogen (secondary N) is 1. The van der Waals surface area contributed by atoms with E-state index in [1.807, 2.05) is 38.1 Å². The molecule has 1 unspecified atom stereocenters. The van der Waals surface area contributed by atoms with Gasteiger partial charge in [0.2, 0.25) is 0 Å². The van der Waals surface area contributed by atoms with E-state index in [0.29, 0.717) is 17.9 Å². The molecule has 1 atom stereocenters. The lowest BCUT2D eigenvalue weighted by atomic mass is 9.98. The number of carbonyl (C=O) groups excluding carboxylic acids is 2. The van der Waals surface area contributed by atoms with Crippen molar-refractivity contribution in [3.05, 3.63) is 52.3 Å². The number of hydrogen-bond donors (Lipinski definition) is 1. The van der Waals surface area contributed by atoms with E-state index in [2.05, 4.69) is 10.4 Å². The molecule has 1 aromatic heterocycles. The second-order valence-corrected chi connectivity index (χ2v) is 6.06. The molecule has 0 spiro atoms. The molecule has 1 amide bonds. The van der Waals surface area contributed by atoms with Gasteiger partial charge in [-0.05, 0) is 38.8 Å². The number of amides is 1. The van der Waals surface area contributed by atoms with Gasteiger partial charge >= 0.3 is 5.97 Å². The lowest BCUT2D eigenvalue weighted by Crippen LogP contribution is -2.31. The normalized spacial score (nSPS) is 11.9. The van der Waals surface area contributed by atoms with Gasteiger partial charge < -0.3 is 10.1 Å². The van der Waals surface area contributed by atoms with Crippen molar-refractivity contribution >= 4 is 11.9 Å². The molecule has 2 aromatic rings. The van der Waals surface area contributed by atoms with Crippen molar-refractivity contribution in [3.63, 3.8) is 0 Å². The maximum atomic E-state index is 12.8. The van der Waals surface area contributed by atoms with Crippen molar-refractivity contribution in [2.45, 2.75) is 40.2 Å². The number of rotatable bonds is 6. The van der Waals surface area contributed by atoms with Crippen LogP contribution in [0.1, 0.15) is 52.3 Å². The summed E-state index contributed by atoms with van der Waals surface area (Å²) in [4.78, 5) is 24.8. The molecule has 0 fully saturated rings. The standard InChI is InChI=1S/C19H25N3O3/c1-6-25-17(23)11-16(15-10-8-7-9-12(15)2)20-19(24)18-13(3)21-22(5)14(18)4/h7-10,16H,6,11H2,1-5H3,(H,20,24). The zero-order valence-corrected chi connectivity index (χ0v) is 15.4. The molecule has 0 aliphatic rings. The third-order valence-electron chi connectivity index (χ3n) is 4.28. The third kappa shape index (κ3) is 4.26. The Morgan fingerprint density at radius 1 is 1.24 bits per heavy atom. The first-order valence-electron chi connectivity index (χ1n) is 8.37. The van der Waals surface area contributed by atoms with Gasteiger partial charge in [0.05, 0.1) is 30.3 Å². The van der Waals surface area contributed by atoms with Gasteiger partial charge in [-0.25, -0.2) is 0 Å². The molecule has 0 aliphatic carbocycles. The van der Waals surface area contributed by atoms with E-state index in [4.69, 9.17) is 4.74 Å². The molecule has 134 valence electrons. The van der Waals surface area contributed by atoms with E-state index < -0.39 is 6.04 Å². The van der Waals surface area contributed by atoms with Crippen LogP contribution in [0.25, 0.3) is 0 Å². The van der Waals surface area contributed by atoms with Gasteiger partial charge in [-0.15, -0.1) is 0 Å². The Labute approximate surface area is 148 Å². The largest absolute Gasteiger partial charge is 0.466 e. The van der Waals surface area contributed by atoms with Crippen LogP contribution in [-0.2, 0) is 16.6 Å². The fourth-order valence-electron chi connectivity index (χ4n) is 2.94. The monoisotopic (exact) mass is 343 g/mol. The molecule has 0 saturated carbocycles. The van der Waals surface area contributed by atoms with Crippen LogP contribution in [0.15, 0.2) is 24.3 Å². The van der Waals surface area contributed by atoms with E-state index in [1.54, 1.807) is 25.6 Å². The highest BCUT2D eigenvalue weighted by molar-refractivity contribution is 5.96. The fourth-order valence-corrected chi connectivity index (χ4v) is 2.94. The SMILES string of the molecule is CCOC(=O)CC(NC(=O)c1c(C)nn(C)c1C)c1ccccc1C. The van der Waals surface area contributed by atoms with Crippen LogP contribution in [0.5, 0.6) is 0 Å². The van der Waals surface area contributed by atoms with Crippen LogP contribution in [0.4, 0.5) is 0 Å². The van der Waals surface area contributed by atoms with Crippen LogP contribution >= 0.6 is 0 Å². The van der Waals surface area contributed by atoms with Crippen molar-refractivity contribution in [2.75, 3.05) is 6.61 Å². The fraction of sp³-hybridized carbons (Fsp3) is 0.421. The molecule has 6 heteroatoms. The second-order valence-electron chi connectivity index (χ2n) is 6.06.